The van der Waals surface area contributed by atoms with Gasteiger partial charge in [0.2, 0.25) is 11.8 Å². The van der Waals surface area contributed by atoms with E-state index in [-0.39, 0.29) is 17.3 Å². The van der Waals surface area contributed by atoms with Crippen LogP contribution in [0.2, 0.25) is 5.02 Å². The Kier molecular flexibility index (Phi) is 7.66. The molecule has 0 spiro atoms. The Hall–Kier alpha value is -3.36. The van der Waals surface area contributed by atoms with Crippen LogP contribution in [0.15, 0.2) is 71.6 Å². The Morgan fingerprint density at radius 3 is 2.50 bits per heavy atom. The van der Waals surface area contributed by atoms with E-state index < -0.39 is 22.5 Å². The molecule has 4 rings (SSSR count). The molecule has 1 aliphatic rings. The highest BCUT2D eigenvalue weighted by molar-refractivity contribution is 7.92. The monoisotopic (exact) mass is 525 g/mol. The van der Waals surface area contributed by atoms with Crippen molar-refractivity contribution in [3.63, 3.8) is 0 Å². The number of sulfonamides is 1. The van der Waals surface area contributed by atoms with E-state index in [1.165, 1.54) is 12.1 Å². The average molecular weight is 526 g/mol. The fourth-order valence-corrected chi connectivity index (χ4v) is 5.77. The molecule has 1 N–H and O–H groups in total. The molecular formula is C27H28ClN3O4S. The molecule has 0 atom stereocenters. The molecule has 2 amide bonds. The second-order valence-corrected chi connectivity index (χ2v) is 11.1. The number of rotatable bonds is 8. The van der Waals surface area contributed by atoms with Crippen molar-refractivity contribution in [2.45, 2.75) is 38.1 Å². The van der Waals surface area contributed by atoms with Crippen LogP contribution in [0.3, 0.4) is 0 Å². The maximum Gasteiger partial charge on any atom is 0.264 e. The van der Waals surface area contributed by atoms with Gasteiger partial charge in [-0.1, -0.05) is 47.5 Å². The minimum absolute atomic E-state index is 0.0863. The molecular weight excluding hydrogens is 498 g/mol. The van der Waals surface area contributed by atoms with Crippen molar-refractivity contribution in [2.75, 3.05) is 22.3 Å². The van der Waals surface area contributed by atoms with E-state index in [1.807, 2.05) is 31.2 Å². The molecule has 3 aromatic rings. The van der Waals surface area contributed by atoms with Gasteiger partial charge in [-0.25, -0.2) is 8.42 Å². The summed E-state index contributed by atoms with van der Waals surface area (Å²) in [7, 11) is -4.04. The van der Waals surface area contributed by atoms with Gasteiger partial charge < -0.3 is 10.2 Å². The lowest BCUT2D eigenvalue weighted by Gasteiger charge is -2.26. The summed E-state index contributed by atoms with van der Waals surface area (Å²) in [5.41, 5.74) is 3.54. The van der Waals surface area contributed by atoms with E-state index in [0.29, 0.717) is 29.2 Å². The summed E-state index contributed by atoms with van der Waals surface area (Å²) in [6.07, 6.45) is 1.36. The van der Waals surface area contributed by atoms with Gasteiger partial charge in [0, 0.05) is 30.2 Å². The van der Waals surface area contributed by atoms with Gasteiger partial charge in [-0.05, 0) is 67.8 Å². The number of halogens is 1. The molecule has 7 nitrogen and oxygen atoms in total. The number of benzene rings is 3. The second kappa shape index (κ2) is 10.7. The standard InChI is InChI=1S/C27H28ClN3O4S/c1-19-8-12-24(13-9-19)36(34,35)31(25-16-22(28)11-10-20(25)2)18-26(32)29-17-21-5-3-6-23(15-21)30-14-4-7-27(30)33/h3,5-6,8-13,15-16H,4,7,14,17-18H2,1-2H3,(H,29,32). The van der Waals surface area contributed by atoms with Crippen molar-refractivity contribution in [1.29, 1.82) is 0 Å². The van der Waals surface area contributed by atoms with Crippen LogP contribution in [0.4, 0.5) is 11.4 Å². The zero-order valence-corrected chi connectivity index (χ0v) is 21.8. The van der Waals surface area contributed by atoms with Gasteiger partial charge in [-0.3, -0.25) is 13.9 Å². The minimum Gasteiger partial charge on any atom is -0.350 e. The topological polar surface area (TPSA) is 86.8 Å². The van der Waals surface area contributed by atoms with E-state index in [0.717, 1.165) is 27.5 Å². The van der Waals surface area contributed by atoms with Gasteiger partial charge >= 0.3 is 0 Å². The summed E-state index contributed by atoms with van der Waals surface area (Å²) in [5.74, 6) is -0.377. The number of hydrogen-bond donors (Lipinski definition) is 1. The van der Waals surface area contributed by atoms with Crippen LogP contribution >= 0.6 is 11.6 Å². The molecule has 9 heteroatoms. The van der Waals surface area contributed by atoms with Gasteiger partial charge in [-0.2, -0.15) is 0 Å². The first-order valence-electron chi connectivity index (χ1n) is 11.7. The predicted molar refractivity (Wildman–Crippen MR) is 142 cm³/mol. The first-order chi connectivity index (χ1) is 17.1. The van der Waals surface area contributed by atoms with Crippen LogP contribution in [-0.2, 0) is 26.2 Å². The van der Waals surface area contributed by atoms with Crippen LogP contribution in [0, 0.1) is 13.8 Å². The van der Waals surface area contributed by atoms with Crippen molar-refractivity contribution >= 4 is 44.8 Å². The highest BCUT2D eigenvalue weighted by atomic mass is 35.5. The minimum atomic E-state index is -4.04. The van der Waals surface area contributed by atoms with Gasteiger partial charge in [0.25, 0.3) is 10.0 Å². The zero-order chi connectivity index (χ0) is 25.9. The third-order valence-corrected chi connectivity index (χ3v) is 8.13. The number of nitrogens with zero attached hydrogens (tertiary/aromatic N) is 2. The van der Waals surface area contributed by atoms with Crippen LogP contribution in [0.1, 0.15) is 29.5 Å². The lowest BCUT2D eigenvalue weighted by Crippen LogP contribution is -2.41. The van der Waals surface area contributed by atoms with Crippen LogP contribution in [-0.4, -0.2) is 33.3 Å². The number of aryl methyl sites for hydroxylation is 2. The average Bonchev–Trinajstić information content (AvgIpc) is 3.29. The molecule has 0 aliphatic carbocycles. The molecule has 36 heavy (non-hydrogen) atoms. The molecule has 0 radical (unpaired) electrons. The lowest BCUT2D eigenvalue weighted by molar-refractivity contribution is -0.120. The first kappa shape index (κ1) is 25.7. The number of anilines is 2. The van der Waals surface area contributed by atoms with Gasteiger partial charge in [-0.15, -0.1) is 0 Å². The summed E-state index contributed by atoms with van der Waals surface area (Å²) >= 11 is 6.18. The SMILES string of the molecule is Cc1ccc(S(=O)(=O)N(CC(=O)NCc2cccc(N3CCCC3=O)c2)c2cc(Cl)ccc2C)cc1. The number of nitrogens with one attached hydrogen (secondary N) is 1. The summed E-state index contributed by atoms with van der Waals surface area (Å²) in [6, 6.07) is 18.9. The van der Waals surface area contributed by atoms with E-state index in [2.05, 4.69) is 5.32 Å². The van der Waals surface area contributed by atoms with Crippen molar-refractivity contribution in [2.24, 2.45) is 0 Å². The molecule has 0 saturated carbocycles. The smallest absolute Gasteiger partial charge is 0.264 e. The van der Waals surface area contributed by atoms with Crippen molar-refractivity contribution < 1.29 is 18.0 Å². The van der Waals surface area contributed by atoms with Gasteiger partial charge in [0.15, 0.2) is 0 Å². The Balaban J connectivity index is 1.55. The second-order valence-electron chi connectivity index (χ2n) is 8.85. The summed E-state index contributed by atoms with van der Waals surface area (Å²) in [5, 5.41) is 3.18. The van der Waals surface area contributed by atoms with Crippen LogP contribution in [0.25, 0.3) is 0 Å². The van der Waals surface area contributed by atoms with Gasteiger partial charge in [0.1, 0.15) is 6.54 Å². The molecule has 0 aromatic heterocycles. The molecule has 188 valence electrons. The van der Waals surface area contributed by atoms with E-state index in [4.69, 9.17) is 11.6 Å². The highest BCUT2D eigenvalue weighted by Gasteiger charge is 2.28. The molecule has 1 fully saturated rings. The Morgan fingerprint density at radius 2 is 1.81 bits per heavy atom. The summed E-state index contributed by atoms with van der Waals surface area (Å²) in [4.78, 5) is 26.9. The van der Waals surface area contributed by atoms with Crippen LogP contribution < -0.4 is 14.5 Å². The lowest BCUT2D eigenvalue weighted by atomic mass is 10.2. The molecule has 1 saturated heterocycles. The van der Waals surface area contributed by atoms with Crippen LogP contribution in [0.5, 0.6) is 0 Å². The fourth-order valence-electron chi connectivity index (χ4n) is 4.13. The molecule has 0 unspecified atom stereocenters. The quantitative estimate of drug-likeness (QED) is 0.466. The first-order valence-corrected chi connectivity index (χ1v) is 13.5. The van der Waals surface area contributed by atoms with Gasteiger partial charge in [0.05, 0.1) is 10.6 Å². The normalized spacial score (nSPS) is 13.6. The maximum atomic E-state index is 13.6. The summed E-state index contributed by atoms with van der Waals surface area (Å²) < 4.78 is 28.3. The third kappa shape index (κ3) is 5.71. The largest absolute Gasteiger partial charge is 0.350 e. The predicted octanol–water partition coefficient (Wildman–Crippen LogP) is 4.60. The highest BCUT2D eigenvalue weighted by Crippen LogP contribution is 2.29. The van der Waals surface area contributed by atoms with E-state index in [9.17, 15) is 18.0 Å². The molecule has 0 bridgehead atoms. The van der Waals surface area contributed by atoms with E-state index >= 15 is 0 Å². The van der Waals surface area contributed by atoms with Crippen molar-refractivity contribution in [3.05, 3.63) is 88.4 Å². The Bertz CT molecular complexity index is 1390. The zero-order valence-electron chi connectivity index (χ0n) is 20.2. The number of carbonyl (C=O) groups excluding carboxylic acids is 2. The fraction of sp³-hybridized carbons (Fsp3) is 0.259. The van der Waals surface area contributed by atoms with Crippen molar-refractivity contribution in [1.82, 2.24) is 5.32 Å². The Labute approximate surface area is 216 Å². The molecule has 1 heterocycles. The number of carbonyl (C=O) groups is 2. The number of amides is 2. The third-order valence-electron chi connectivity index (χ3n) is 6.12. The maximum absolute atomic E-state index is 13.6. The van der Waals surface area contributed by atoms with E-state index in [1.54, 1.807) is 42.2 Å². The number of hydrogen-bond acceptors (Lipinski definition) is 4. The summed E-state index contributed by atoms with van der Waals surface area (Å²) in [6.45, 7) is 4.10. The molecule has 1 aliphatic heterocycles. The molecule has 3 aromatic carbocycles. The Morgan fingerprint density at radius 1 is 1.06 bits per heavy atom. The van der Waals surface area contributed by atoms with Crippen molar-refractivity contribution in [3.8, 4) is 0 Å².